The van der Waals surface area contributed by atoms with Crippen LogP contribution in [0.25, 0.3) is 0 Å². The Morgan fingerprint density at radius 1 is 1.27 bits per heavy atom. The zero-order valence-corrected chi connectivity index (χ0v) is 10.4. The number of hydrogen-bond donors (Lipinski definition) is 1. The molecule has 1 heterocycles. The van der Waals surface area contributed by atoms with Gasteiger partial charge in [0.15, 0.2) is 0 Å². The summed E-state index contributed by atoms with van der Waals surface area (Å²) >= 11 is 1.93. The molecule has 2 atom stereocenters. The number of aliphatic hydroxyl groups excluding tert-OH is 1. The van der Waals surface area contributed by atoms with Crippen molar-refractivity contribution in [3.8, 4) is 0 Å². The van der Waals surface area contributed by atoms with Crippen LogP contribution in [0.15, 0.2) is 12.1 Å². The van der Waals surface area contributed by atoms with Crippen molar-refractivity contribution < 1.29 is 5.11 Å². The van der Waals surface area contributed by atoms with Crippen LogP contribution in [0.4, 0.5) is 0 Å². The lowest BCUT2D eigenvalue weighted by Crippen LogP contribution is -2.12. The highest BCUT2D eigenvalue weighted by Gasteiger charge is 2.25. The molecule has 1 aromatic rings. The predicted octanol–water partition coefficient (Wildman–Crippen LogP) is 3.22. The van der Waals surface area contributed by atoms with Gasteiger partial charge in [0.05, 0.1) is 6.10 Å². The molecular weight excluding hydrogens is 204 g/mol. The molecule has 0 amide bonds. The van der Waals surface area contributed by atoms with E-state index in [4.69, 9.17) is 0 Å². The molecule has 82 valence electrons. The van der Waals surface area contributed by atoms with Gasteiger partial charge < -0.3 is 5.11 Å². The topological polar surface area (TPSA) is 20.2 Å². The van der Waals surface area contributed by atoms with E-state index in [-0.39, 0.29) is 6.10 Å². The van der Waals surface area contributed by atoms with Gasteiger partial charge in [-0.05, 0) is 47.8 Å². The molecule has 1 N–H and O–H groups in total. The minimum atomic E-state index is -0.283. The summed E-state index contributed by atoms with van der Waals surface area (Å²) in [7, 11) is 0. The summed E-state index contributed by atoms with van der Waals surface area (Å²) in [6.07, 6.45) is -0.283. The molecule has 2 unspecified atom stereocenters. The molecule has 1 aliphatic heterocycles. The quantitative estimate of drug-likeness (QED) is 0.727. The van der Waals surface area contributed by atoms with Crippen molar-refractivity contribution in [1.29, 1.82) is 0 Å². The Morgan fingerprint density at radius 2 is 1.93 bits per heavy atom. The molecule has 1 aromatic carbocycles. The zero-order valence-electron chi connectivity index (χ0n) is 9.58. The van der Waals surface area contributed by atoms with Crippen LogP contribution in [0, 0.1) is 19.8 Å². The summed E-state index contributed by atoms with van der Waals surface area (Å²) in [4.78, 5) is 0. The third-order valence-corrected chi connectivity index (χ3v) is 4.53. The van der Waals surface area contributed by atoms with Gasteiger partial charge in [-0.15, -0.1) is 0 Å². The van der Waals surface area contributed by atoms with Crippen LogP contribution in [0.3, 0.4) is 0 Å². The van der Waals surface area contributed by atoms with E-state index in [0.29, 0.717) is 5.92 Å². The fourth-order valence-corrected chi connectivity index (χ4v) is 3.48. The third-order valence-electron chi connectivity index (χ3n) is 3.27. The maximum Gasteiger partial charge on any atom is 0.0829 e. The van der Waals surface area contributed by atoms with Crippen molar-refractivity contribution >= 4 is 11.8 Å². The molecule has 0 aromatic heterocycles. The molecular formula is C13H18OS. The van der Waals surface area contributed by atoms with Crippen LogP contribution in [0.2, 0.25) is 0 Å². The van der Waals surface area contributed by atoms with Crippen LogP contribution >= 0.6 is 11.8 Å². The zero-order chi connectivity index (χ0) is 11.0. The lowest BCUT2D eigenvalue weighted by molar-refractivity contribution is 0.128. The Labute approximate surface area is 95.9 Å². The Morgan fingerprint density at radius 3 is 2.67 bits per heavy atom. The molecule has 0 saturated heterocycles. The second kappa shape index (κ2) is 4.18. The Balaban J connectivity index is 2.57. The van der Waals surface area contributed by atoms with Gasteiger partial charge in [-0.25, -0.2) is 0 Å². The van der Waals surface area contributed by atoms with Crippen LogP contribution in [-0.4, -0.2) is 10.9 Å². The maximum absolute atomic E-state index is 10.3. The standard InChI is InChI=1S/C13H18OS/c1-8-4-5-9(2)12-11(8)7-15-6-10(3)13(12)14/h4-5,10,13-14H,6-7H2,1-3H3. The number of benzene rings is 1. The number of fused-ring (bicyclic) bond motifs is 1. The van der Waals surface area contributed by atoms with Crippen LogP contribution in [-0.2, 0) is 5.75 Å². The van der Waals surface area contributed by atoms with Crippen LogP contribution in [0.1, 0.15) is 35.3 Å². The molecule has 0 aliphatic carbocycles. The third kappa shape index (κ3) is 1.93. The van der Waals surface area contributed by atoms with Gasteiger partial charge in [0.2, 0.25) is 0 Å². The highest BCUT2D eigenvalue weighted by atomic mass is 32.2. The van der Waals surface area contributed by atoms with E-state index >= 15 is 0 Å². The Hall–Kier alpha value is -0.470. The summed E-state index contributed by atoms with van der Waals surface area (Å²) in [5.74, 6) is 2.45. The van der Waals surface area contributed by atoms with Gasteiger partial charge in [0, 0.05) is 5.75 Å². The van der Waals surface area contributed by atoms with Crippen molar-refractivity contribution in [2.45, 2.75) is 32.6 Å². The Bertz CT molecular complexity index is 373. The molecule has 0 spiro atoms. The molecule has 0 fully saturated rings. The molecule has 0 bridgehead atoms. The second-order valence-corrected chi connectivity index (χ2v) is 5.56. The van der Waals surface area contributed by atoms with Crippen molar-refractivity contribution in [1.82, 2.24) is 0 Å². The molecule has 1 aliphatic rings. The van der Waals surface area contributed by atoms with Crippen molar-refractivity contribution in [2.75, 3.05) is 5.75 Å². The minimum absolute atomic E-state index is 0.283. The normalized spacial score (nSPS) is 25.9. The number of rotatable bonds is 0. The fourth-order valence-electron chi connectivity index (χ4n) is 2.22. The molecule has 0 radical (unpaired) electrons. The predicted molar refractivity (Wildman–Crippen MR) is 66.2 cm³/mol. The van der Waals surface area contributed by atoms with E-state index in [9.17, 15) is 5.11 Å². The maximum atomic E-state index is 10.3. The number of aryl methyl sites for hydroxylation is 2. The minimum Gasteiger partial charge on any atom is -0.388 e. The van der Waals surface area contributed by atoms with E-state index in [1.54, 1.807) is 0 Å². The Kier molecular flexibility index (Phi) is 3.08. The highest BCUT2D eigenvalue weighted by Crippen LogP contribution is 2.37. The van der Waals surface area contributed by atoms with Crippen molar-refractivity contribution in [3.05, 3.63) is 34.4 Å². The highest BCUT2D eigenvalue weighted by molar-refractivity contribution is 7.98. The first-order valence-corrected chi connectivity index (χ1v) is 6.61. The van der Waals surface area contributed by atoms with Gasteiger partial charge in [-0.3, -0.25) is 0 Å². The van der Waals surface area contributed by atoms with Crippen molar-refractivity contribution in [3.63, 3.8) is 0 Å². The van der Waals surface area contributed by atoms with Gasteiger partial charge in [0.25, 0.3) is 0 Å². The molecule has 2 heteroatoms. The fraction of sp³-hybridized carbons (Fsp3) is 0.538. The van der Waals surface area contributed by atoms with Gasteiger partial charge >= 0.3 is 0 Å². The van der Waals surface area contributed by atoms with Crippen LogP contribution in [0.5, 0.6) is 0 Å². The molecule has 2 rings (SSSR count). The largest absolute Gasteiger partial charge is 0.388 e. The number of aliphatic hydroxyl groups is 1. The smallest absolute Gasteiger partial charge is 0.0829 e. The summed E-state index contributed by atoms with van der Waals surface area (Å²) < 4.78 is 0. The average Bonchev–Trinajstić information content (AvgIpc) is 2.35. The monoisotopic (exact) mass is 222 g/mol. The first-order valence-electron chi connectivity index (χ1n) is 5.46. The second-order valence-electron chi connectivity index (χ2n) is 4.53. The lowest BCUT2D eigenvalue weighted by Gasteiger charge is -2.20. The van der Waals surface area contributed by atoms with Crippen LogP contribution < -0.4 is 0 Å². The van der Waals surface area contributed by atoms with E-state index in [1.165, 1.54) is 22.3 Å². The average molecular weight is 222 g/mol. The van der Waals surface area contributed by atoms with Crippen molar-refractivity contribution in [2.24, 2.45) is 5.92 Å². The molecule has 15 heavy (non-hydrogen) atoms. The number of hydrogen-bond acceptors (Lipinski definition) is 2. The van der Waals surface area contributed by atoms with E-state index in [0.717, 1.165) is 11.5 Å². The first kappa shape index (κ1) is 11.0. The summed E-state index contributed by atoms with van der Waals surface area (Å²) in [5.41, 5.74) is 5.10. The SMILES string of the molecule is Cc1ccc(C)c2c1CSCC(C)C2O. The lowest BCUT2D eigenvalue weighted by atomic mass is 9.89. The van der Waals surface area contributed by atoms with Gasteiger partial charge in [-0.2, -0.15) is 11.8 Å². The first-order chi connectivity index (χ1) is 7.11. The number of thioether (sulfide) groups is 1. The van der Waals surface area contributed by atoms with Gasteiger partial charge in [-0.1, -0.05) is 19.1 Å². The van der Waals surface area contributed by atoms with E-state index < -0.39 is 0 Å². The van der Waals surface area contributed by atoms with E-state index in [2.05, 4.69) is 32.9 Å². The van der Waals surface area contributed by atoms with E-state index in [1.807, 2.05) is 11.8 Å². The van der Waals surface area contributed by atoms with Gasteiger partial charge in [0.1, 0.15) is 0 Å². The molecule has 1 nitrogen and oxygen atoms in total. The summed E-state index contributed by atoms with van der Waals surface area (Å²) in [6.45, 7) is 6.38. The summed E-state index contributed by atoms with van der Waals surface area (Å²) in [5, 5.41) is 10.3. The summed E-state index contributed by atoms with van der Waals surface area (Å²) in [6, 6.07) is 4.29. The molecule has 0 saturated carbocycles.